The first-order chi connectivity index (χ1) is 20.3. The van der Waals surface area contributed by atoms with Gasteiger partial charge in [-0.15, -0.1) is 18.8 Å². The number of rotatable bonds is 10. The number of fused-ring (bicyclic) bond motifs is 2. The van der Waals surface area contributed by atoms with E-state index in [1.807, 2.05) is 6.07 Å². The van der Waals surface area contributed by atoms with Gasteiger partial charge in [-0.3, -0.25) is 9.69 Å². The van der Waals surface area contributed by atoms with Crippen molar-refractivity contribution in [3.63, 3.8) is 0 Å². The standard InChI is InChI=1S/C37H48N2O3.ClH/c1-6-12-27(3)28-14-16-29(17-15-28)30-24-33(41-35(40)13-11-22-38-20-9-8-10-21-38)36-31-26-39(19-7-2)23-18-32(31)37(4,5)42-34(36)25-30;/h2,14-17,24-25,27H,6,8-13,18-23,26H2,1,3-5H3;1H. The third kappa shape index (κ3) is 7.85. The van der Waals surface area contributed by atoms with Gasteiger partial charge in [0, 0.05) is 19.5 Å². The molecule has 1 fully saturated rings. The average molecular weight is 605 g/mol. The lowest BCUT2D eigenvalue weighted by Crippen LogP contribution is -2.42. The van der Waals surface area contributed by atoms with Crippen molar-refractivity contribution in [2.75, 3.05) is 39.3 Å². The zero-order valence-corrected chi connectivity index (χ0v) is 27.4. The predicted molar refractivity (Wildman–Crippen MR) is 179 cm³/mol. The summed E-state index contributed by atoms with van der Waals surface area (Å²) < 4.78 is 12.9. The summed E-state index contributed by atoms with van der Waals surface area (Å²) in [6.07, 6.45) is 14.0. The molecule has 0 saturated carbocycles. The maximum Gasteiger partial charge on any atom is 0.311 e. The number of likely N-dealkylation sites (tertiary alicyclic amines) is 1. The molecule has 6 heteroatoms. The van der Waals surface area contributed by atoms with Gasteiger partial charge in [0.1, 0.15) is 17.1 Å². The molecule has 1 unspecified atom stereocenters. The molecule has 3 heterocycles. The Morgan fingerprint density at radius 3 is 2.51 bits per heavy atom. The predicted octanol–water partition coefficient (Wildman–Crippen LogP) is 8.11. The third-order valence-corrected chi connectivity index (χ3v) is 9.26. The van der Waals surface area contributed by atoms with Crippen LogP contribution in [0.2, 0.25) is 0 Å². The van der Waals surface area contributed by atoms with E-state index in [4.69, 9.17) is 15.9 Å². The van der Waals surface area contributed by atoms with Crippen molar-refractivity contribution in [2.45, 2.75) is 90.6 Å². The maximum absolute atomic E-state index is 13.3. The summed E-state index contributed by atoms with van der Waals surface area (Å²) in [5, 5.41) is 0. The van der Waals surface area contributed by atoms with Crippen LogP contribution in [-0.4, -0.2) is 60.6 Å². The quantitative estimate of drug-likeness (QED) is 0.156. The maximum atomic E-state index is 13.3. The van der Waals surface area contributed by atoms with Crippen LogP contribution in [0.4, 0.5) is 0 Å². The van der Waals surface area contributed by atoms with E-state index in [1.165, 1.54) is 48.8 Å². The molecule has 43 heavy (non-hydrogen) atoms. The number of nitrogens with zero attached hydrogens (tertiary/aromatic N) is 2. The highest BCUT2D eigenvalue weighted by Gasteiger charge is 2.39. The van der Waals surface area contributed by atoms with Crippen molar-refractivity contribution in [2.24, 2.45) is 0 Å². The molecule has 0 bridgehead atoms. The van der Waals surface area contributed by atoms with E-state index in [9.17, 15) is 4.79 Å². The second kappa shape index (κ2) is 14.8. The molecule has 0 radical (unpaired) electrons. The Kier molecular flexibility index (Phi) is 11.4. The normalized spacial score (nSPS) is 18.9. The molecule has 5 rings (SSSR count). The number of hydrogen-bond donors (Lipinski definition) is 0. The fourth-order valence-electron chi connectivity index (χ4n) is 6.94. The number of carbonyl (C=O) groups is 1. The van der Waals surface area contributed by atoms with Crippen LogP contribution in [0.25, 0.3) is 16.7 Å². The molecule has 0 aliphatic carbocycles. The highest BCUT2D eigenvalue weighted by Crippen LogP contribution is 2.49. The van der Waals surface area contributed by atoms with Crippen LogP contribution in [0.5, 0.6) is 11.5 Å². The lowest BCUT2D eigenvalue weighted by atomic mass is 9.81. The van der Waals surface area contributed by atoms with E-state index in [1.54, 1.807) is 0 Å². The topological polar surface area (TPSA) is 42.0 Å². The van der Waals surface area contributed by atoms with Gasteiger partial charge >= 0.3 is 5.97 Å². The number of benzene rings is 2. The summed E-state index contributed by atoms with van der Waals surface area (Å²) in [6.45, 7) is 14.3. The first-order valence-electron chi connectivity index (χ1n) is 16.1. The number of terminal acetylenes is 1. The molecule has 5 nitrogen and oxygen atoms in total. The molecule has 3 aliphatic heterocycles. The lowest BCUT2D eigenvalue weighted by Gasteiger charge is -2.42. The minimum Gasteiger partial charge on any atom is -0.483 e. The van der Waals surface area contributed by atoms with Crippen molar-refractivity contribution in [3.8, 4) is 35.0 Å². The van der Waals surface area contributed by atoms with Crippen molar-refractivity contribution in [1.82, 2.24) is 9.80 Å². The van der Waals surface area contributed by atoms with Crippen molar-refractivity contribution < 1.29 is 14.3 Å². The van der Waals surface area contributed by atoms with Crippen LogP contribution in [0, 0.1) is 12.3 Å². The lowest BCUT2D eigenvalue weighted by molar-refractivity contribution is -0.134. The minimum atomic E-state index is -0.446. The first-order valence-corrected chi connectivity index (χ1v) is 16.1. The molecular formula is C37H49ClN2O3. The van der Waals surface area contributed by atoms with Crippen LogP contribution >= 0.6 is 12.4 Å². The van der Waals surface area contributed by atoms with E-state index in [0.717, 1.165) is 68.0 Å². The van der Waals surface area contributed by atoms with Crippen molar-refractivity contribution in [3.05, 3.63) is 53.1 Å². The van der Waals surface area contributed by atoms with E-state index in [-0.39, 0.29) is 18.4 Å². The Morgan fingerprint density at radius 1 is 1.07 bits per heavy atom. The highest BCUT2D eigenvalue weighted by molar-refractivity contribution is 5.87. The molecule has 1 atom stereocenters. The van der Waals surface area contributed by atoms with Gasteiger partial charge in [-0.2, -0.15) is 0 Å². The second-order valence-corrected chi connectivity index (χ2v) is 12.9. The molecule has 1 saturated heterocycles. The molecule has 0 N–H and O–H groups in total. The summed E-state index contributed by atoms with van der Waals surface area (Å²) in [5.41, 5.74) is 6.36. The van der Waals surface area contributed by atoms with Crippen LogP contribution in [0.3, 0.4) is 0 Å². The number of piperidine rings is 1. The third-order valence-electron chi connectivity index (χ3n) is 9.26. The van der Waals surface area contributed by atoms with E-state index < -0.39 is 5.60 Å². The summed E-state index contributed by atoms with van der Waals surface area (Å²) in [7, 11) is 0. The molecule has 0 aromatic heterocycles. The van der Waals surface area contributed by atoms with E-state index in [2.05, 4.69) is 73.7 Å². The fourth-order valence-corrected chi connectivity index (χ4v) is 6.94. The van der Waals surface area contributed by atoms with Crippen molar-refractivity contribution in [1.29, 1.82) is 0 Å². The van der Waals surface area contributed by atoms with Crippen LogP contribution in [-0.2, 0) is 4.79 Å². The van der Waals surface area contributed by atoms with E-state index >= 15 is 0 Å². The molecular weight excluding hydrogens is 556 g/mol. The van der Waals surface area contributed by atoms with Crippen LogP contribution < -0.4 is 9.47 Å². The van der Waals surface area contributed by atoms with Gasteiger partial charge in [-0.25, -0.2) is 0 Å². The molecule has 0 spiro atoms. The van der Waals surface area contributed by atoms with Gasteiger partial charge in [-0.05, 0) is 111 Å². The number of ether oxygens (including phenoxy) is 2. The number of carbonyl (C=O) groups excluding carboxylic acids is 1. The second-order valence-electron chi connectivity index (χ2n) is 12.9. The van der Waals surface area contributed by atoms with Gasteiger partial charge < -0.3 is 14.4 Å². The number of hydrogen-bond acceptors (Lipinski definition) is 5. The Hall–Kier alpha value is -2.78. The summed E-state index contributed by atoms with van der Waals surface area (Å²) >= 11 is 0. The molecule has 232 valence electrons. The highest BCUT2D eigenvalue weighted by atomic mass is 35.5. The van der Waals surface area contributed by atoms with Gasteiger partial charge in [0.2, 0.25) is 0 Å². The SMILES string of the molecule is C#CCN1CCC2=C(C1)c1c(OC(=O)CCCN3CCCCC3)cc(-c3ccc(C(C)CCC)cc3)cc1OC2(C)C.Cl. The Bertz CT molecular complexity index is 1330. The van der Waals surface area contributed by atoms with Crippen LogP contribution in [0.15, 0.2) is 42.0 Å². The van der Waals surface area contributed by atoms with Crippen molar-refractivity contribution >= 4 is 23.9 Å². The Balaban J connectivity index is 0.00000423. The number of esters is 1. The van der Waals surface area contributed by atoms with E-state index in [0.29, 0.717) is 24.6 Å². The molecule has 2 aromatic carbocycles. The summed E-state index contributed by atoms with van der Waals surface area (Å²) in [6, 6.07) is 13.0. The zero-order valence-electron chi connectivity index (χ0n) is 26.5. The smallest absolute Gasteiger partial charge is 0.311 e. The van der Waals surface area contributed by atoms with Gasteiger partial charge in [-0.1, -0.05) is 56.9 Å². The van der Waals surface area contributed by atoms with Crippen LogP contribution in [0.1, 0.15) is 96.1 Å². The molecule has 3 aliphatic rings. The Morgan fingerprint density at radius 2 is 1.81 bits per heavy atom. The minimum absolute atomic E-state index is 0. The summed E-state index contributed by atoms with van der Waals surface area (Å²) in [4.78, 5) is 18.1. The average Bonchev–Trinajstić information content (AvgIpc) is 2.97. The van der Waals surface area contributed by atoms with Gasteiger partial charge in [0.25, 0.3) is 0 Å². The molecule has 0 amide bonds. The Labute approximate surface area is 265 Å². The summed E-state index contributed by atoms with van der Waals surface area (Å²) in [5.74, 6) is 4.53. The fraction of sp³-hybridized carbons (Fsp3) is 0.541. The zero-order chi connectivity index (χ0) is 29.7. The van der Waals surface area contributed by atoms with Gasteiger partial charge in [0.05, 0.1) is 12.1 Å². The molecule has 2 aromatic rings. The first kappa shape index (κ1) is 33.1. The van der Waals surface area contributed by atoms with Gasteiger partial charge in [0.15, 0.2) is 0 Å². The number of halogens is 1. The monoisotopic (exact) mass is 604 g/mol. The largest absolute Gasteiger partial charge is 0.483 e.